The number of anilines is 3. The number of ether oxygens (including phenoxy) is 1. The molecule has 8 nitrogen and oxygen atoms in total. The predicted molar refractivity (Wildman–Crippen MR) is 128 cm³/mol. The van der Waals surface area contributed by atoms with Crippen LogP contribution >= 0.6 is 0 Å². The Kier molecular flexibility index (Phi) is 6.91. The topological polar surface area (TPSA) is 101 Å². The van der Waals surface area contributed by atoms with Gasteiger partial charge in [-0.3, -0.25) is 5.32 Å². The maximum absolute atomic E-state index is 13.5. The minimum Gasteiger partial charge on any atom is -0.497 e. The first-order chi connectivity index (χ1) is 16.8. The summed E-state index contributed by atoms with van der Waals surface area (Å²) in [5.74, 6) is -2.01. The highest BCUT2D eigenvalue weighted by molar-refractivity contribution is 5.87. The summed E-state index contributed by atoms with van der Waals surface area (Å²) in [7, 11) is 1.58. The highest BCUT2D eigenvalue weighted by Crippen LogP contribution is 2.32. The zero-order valence-corrected chi connectivity index (χ0v) is 19.0. The number of urea groups is 1. The lowest BCUT2D eigenvalue weighted by atomic mass is 10.1. The van der Waals surface area contributed by atoms with E-state index in [1.165, 1.54) is 12.1 Å². The Morgan fingerprint density at radius 2 is 1.71 bits per heavy atom. The van der Waals surface area contributed by atoms with Crippen LogP contribution in [0.1, 0.15) is 18.1 Å². The molecule has 3 aromatic carbocycles. The van der Waals surface area contributed by atoms with Crippen LogP contribution in [0.4, 0.5) is 31.0 Å². The number of halogens is 2. The van der Waals surface area contributed by atoms with Gasteiger partial charge in [0.15, 0.2) is 0 Å². The molecular formula is C25H23F2N5O3. The van der Waals surface area contributed by atoms with Gasteiger partial charge in [0.25, 0.3) is 11.8 Å². The van der Waals surface area contributed by atoms with Crippen LogP contribution in [0.25, 0.3) is 11.5 Å². The molecule has 0 saturated carbocycles. The van der Waals surface area contributed by atoms with Crippen molar-refractivity contribution in [2.24, 2.45) is 0 Å². The van der Waals surface area contributed by atoms with Crippen LogP contribution in [0.3, 0.4) is 0 Å². The van der Waals surface area contributed by atoms with Crippen molar-refractivity contribution in [3.8, 4) is 17.2 Å². The molecule has 0 unspecified atom stereocenters. The maximum atomic E-state index is 13.5. The van der Waals surface area contributed by atoms with E-state index in [9.17, 15) is 13.6 Å². The van der Waals surface area contributed by atoms with E-state index in [1.54, 1.807) is 49.6 Å². The lowest BCUT2D eigenvalue weighted by molar-refractivity contribution is 0.0175. The Morgan fingerprint density at radius 3 is 2.40 bits per heavy atom. The third-order valence-corrected chi connectivity index (χ3v) is 5.09. The Morgan fingerprint density at radius 1 is 1.00 bits per heavy atom. The second-order valence-electron chi connectivity index (χ2n) is 7.70. The molecule has 0 aliphatic heterocycles. The first-order valence-corrected chi connectivity index (χ1v) is 10.7. The van der Waals surface area contributed by atoms with Gasteiger partial charge in [-0.1, -0.05) is 41.5 Å². The summed E-state index contributed by atoms with van der Waals surface area (Å²) in [5.41, 5.74) is 2.64. The number of nitrogens with zero attached hydrogens (tertiary/aromatic N) is 2. The number of alkyl halides is 2. The molecule has 2 amide bonds. The molecule has 180 valence electrons. The van der Waals surface area contributed by atoms with E-state index in [0.29, 0.717) is 23.5 Å². The number of para-hydroxylation sites is 1. The van der Waals surface area contributed by atoms with Crippen molar-refractivity contribution in [3.63, 3.8) is 0 Å². The number of carbonyl (C=O) groups excluding carboxylic acids is 1. The van der Waals surface area contributed by atoms with Crippen molar-refractivity contribution in [2.75, 3.05) is 17.7 Å². The Hall–Kier alpha value is -4.47. The summed E-state index contributed by atoms with van der Waals surface area (Å²) in [5, 5.41) is 16.3. The fraction of sp³-hybridized carbons (Fsp3) is 0.160. The molecule has 0 radical (unpaired) electrons. The highest BCUT2D eigenvalue weighted by Gasteiger charge is 2.23. The van der Waals surface area contributed by atoms with Crippen LogP contribution < -0.4 is 20.7 Å². The van der Waals surface area contributed by atoms with Gasteiger partial charge in [0.05, 0.1) is 18.4 Å². The number of amides is 2. The van der Waals surface area contributed by atoms with Gasteiger partial charge in [-0.25, -0.2) is 13.6 Å². The van der Waals surface area contributed by atoms with E-state index in [4.69, 9.17) is 9.15 Å². The molecule has 0 aliphatic carbocycles. The number of hydrogen-bond acceptors (Lipinski definition) is 6. The van der Waals surface area contributed by atoms with Gasteiger partial charge in [0, 0.05) is 24.7 Å². The van der Waals surface area contributed by atoms with Crippen molar-refractivity contribution < 1.29 is 22.7 Å². The standard InChI is InChI=1S/C25H23F2N5O3/c1-25(26,27)17-9-11-18(12-10-17)29-21-6-4-3-5-20(21)22-31-32-24(35-22)30-23(33)28-15-16-7-13-19(34-2)14-8-16/h3-14,29H,15H2,1-2H3,(H2,28,30,32,33). The molecule has 0 saturated heterocycles. The summed E-state index contributed by atoms with van der Waals surface area (Å²) >= 11 is 0. The number of aromatic nitrogens is 2. The van der Waals surface area contributed by atoms with Gasteiger partial charge in [0.2, 0.25) is 0 Å². The van der Waals surface area contributed by atoms with E-state index in [1.807, 2.05) is 18.2 Å². The molecule has 35 heavy (non-hydrogen) atoms. The maximum Gasteiger partial charge on any atom is 0.324 e. The number of carbonyl (C=O) groups is 1. The average molecular weight is 479 g/mol. The van der Waals surface area contributed by atoms with E-state index >= 15 is 0 Å². The van der Waals surface area contributed by atoms with Gasteiger partial charge < -0.3 is 19.8 Å². The SMILES string of the molecule is COc1ccc(CNC(=O)Nc2nnc(-c3ccccc3Nc3ccc(C(C)(F)F)cc3)o2)cc1. The van der Waals surface area contributed by atoms with E-state index in [2.05, 4.69) is 26.1 Å². The van der Waals surface area contributed by atoms with E-state index in [-0.39, 0.29) is 17.5 Å². The third-order valence-electron chi connectivity index (χ3n) is 5.09. The summed E-state index contributed by atoms with van der Waals surface area (Å²) in [6.45, 7) is 1.15. The Labute approximate surface area is 200 Å². The second-order valence-corrected chi connectivity index (χ2v) is 7.70. The summed E-state index contributed by atoms with van der Waals surface area (Å²) in [6.07, 6.45) is 0. The first kappa shape index (κ1) is 23.7. The fourth-order valence-corrected chi connectivity index (χ4v) is 3.23. The lowest BCUT2D eigenvalue weighted by Crippen LogP contribution is -2.28. The van der Waals surface area contributed by atoms with Crippen molar-refractivity contribution in [3.05, 3.63) is 83.9 Å². The molecule has 3 N–H and O–H groups in total. The summed E-state index contributed by atoms with van der Waals surface area (Å²) in [6, 6.07) is 19.7. The van der Waals surface area contributed by atoms with Crippen molar-refractivity contribution in [1.82, 2.24) is 15.5 Å². The van der Waals surface area contributed by atoms with Crippen LogP contribution in [0, 0.1) is 0 Å². The third kappa shape index (κ3) is 6.11. The van der Waals surface area contributed by atoms with E-state index < -0.39 is 12.0 Å². The average Bonchev–Trinajstić information content (AvgIpc) is 3.31. The van der Waals surface area contributed by atoms with Gasteiger partial charge in [0.1, 0.15) is 5.75 Å². The molecule has 10 heteroatoms. The zero-order valence-electron chi connectivity index (χ0n) is 19.0. The largest absolute Gasteiger partial charge is 0.497 e. The molecule has 4 aromatic rings. The smallest absolute Gasteiger partial charge is 0.324 e. The minimum absolute atomic E-state index is 0.0726. The number of hydrogen-bond donors (Lipinski definition) is 3. The Balaban J connectivity index is 1.40. The van der Waals surface area contributed by atoms with Crippen LogP contribution in [-0.2, 0) is 12.5 Å². The Bertz CT molecular complexity index is 1290. The van der Waals surface area contributed by atoms with Crippen molar-refractivity contribution in [2.45, 2.75) is 19.4 Å². The number of methoxy groups -OCH3 is 1. The minimum atomic E-state index is -2.91. The quantitative estimate of drug-likeness (QED) is 0.290. The van der Waals surface area contributed by atoms with Gasteiger partial charge in [-0.2, -0.15) is 0 Å². The van der Waals surface area contributed by atoms with Crippen molar-refractivity contribution in [1.29, 1.82) is 0 Å². The van der Waals surface area contributed by atoms with Crippen LogP contribution in [-0.4, -0.2) is 23.3 Å². The first-order valence-electron chi connectivity index (χ1n) is 10.7. The monoisotopic (exact) mass is 479 g/mol. The summed E-state index contributed by atoms with van der Waals surface area (Å²) < 4.78 is 37.7. The molecule has 1 heterocycles. The highest BCUT2D eigenvalue weighted by atomic mass is 19.3. The molecule has 0 aliphatic rings. The second kappa shape index (κ2) is 10.2. The zero-order chi connectivity index (χ0) is 24.8. The van der Waals surface area contributed by atoms with Crippen LogP contribution in [0.15, 0.2) is 77.2 Å². The molecule has 1 aromatic heterocycles. The number of benzene rings is 3. The predicted octanol–water partition coefficient (Wildman–Crippen LogP) is 5.92. The fourth-order valence-electron chi connectivity index (χ4n) is 3.23. The van der Waals surface area contributed by atoms with Gasteiger partial charge >= 0.3 is 12.0 Å². The van der Waals surface area contributed by atoms with Crippen molar-refractivity contribution >= 4 is 23.4 Å². The molecule has 0 atom stereocenters. The molecule has 0 bridgehead atoms. The van der Waals surface area contributed by atoms with Crippen LogP contribution in [0.2, 0.25) is 0 Å². The number of rotatable bonds is 8. The number of nitrogens with one attached hydrogen (secondary N) is 3. The molecular weight excluding hydrogens is 456 g/mol. The van der Waals surface area contributed by atoms with Gasteiger partial charge in [-0.15, -0.1) is 5.10 Å². The molecule has 0 fully saturated rings. The van der Waals surface area contributed by atoms with E-state index in [0.717, 1.165) is 18.2 Å². The van der Waals surface area contributed by atoms with Crippen LogP contribution in [0.5, 0.6) is 5.75 Å². The molecule has 4 rings (SSSR count). The lowest BCUT2D eigenvalue weighted by Gasteiger charge is -2.13. The van der Waals surface area contributed by atoms with Gasteiger partial charge in [-0.05, 0) is 42.0 Å². The normalized spacial score (nSPS) is 11.1. The molecule has 0 spiro atoms. The summed E-state index contributed by atoms with van der Waals surface area (Å²) in [4.78, 5) is 12.2.